The van der Waals surface area contributed by atoms with Crippen LogP contribution < -0.4 is 10.7 Å². The summed E-state index contributed by atoms with van der Waals surface area (Å²) in [6.07, 6.45) is 1.11. The van der Waals surface area contributed by atoms with E-state index in [0.29, 0.717) is 5.92 Å². The predicted octanol–water partition coefficient (Wildman–Crippen LogP) is 2.18. The average molecular weight is 348 g/mol. The van der Waals surface area contributed by atoms with Crippen LogP contribution in [-0.2, 0) is 16.1 Å². The van der Waals surface area contributed by atoms with Gasteiger partial charge in [0.25, 0.3) is 0 Å². The lowest BCUT2D eigenvalue weighted by molar-refractivity contribution is -0.128. The molecule has 1 saturated heterocycles. The van der Waals surface area contributed by atoms with E-state index in [0.717, 1.165) is 44.0 Å². The van der Waals surface area contributed by atoms with Gasteiger partial charge in [-0.2, -0.15) is 0 Å². The number of rotatable bonds is 5. The smallest absolute Gasteiger partial charge is 0.235 e. The van der Waals surface area contributed by atoms with Gasteiger partial charge in [-0.1, -0.05) is 20.8 Å². The molecule has 6 nitrogen and oxygen atoms in total. The van der Waals surface area contributed by atoms with Crippen molar-refractivity contribution in [3.05, 3.63) is 23.0 Å². The zero-order valence-corrected chi connectivity index (χ0v) is 16.4. The minimum atomic E-state index is -0.334. The lowest BCUT2D eigenvalue weighted by Gasteiger charge is -2.20. The normalized spacial score (nSPS) is 18.4. The van der Waals surface area contributed by atoms with E-state index in [-0.39, 0.29) is 17.2 Å². The third-order valence-electron chi connectivity index (χ3n) is 4.80. The van der Waals surface area contributed by atoms with Gasteiger partial charge in [0.15, 0.2) is 0 Å². The van der Waals surface area contributed by atoms with Crippen LogP contribution in [0, 0.1) is 25.2 Å². The SMILES string of the molecule is CC(=O)Nn1c(C)cc(CN2CC[C@H](CNC(=O)C(C)(C)C)C2)c1C. The van der Waals surface area contributed by atoms with Gasteiger partial charge in [-0.05, 0) is 44.4 Å². The Kier molecular flexibility index (Phi) is 5.93. The maximum atomic E-state index is 12.0. The summed E-state index contributed by atoms with van der Waals surface area (Å²) in [7, 11) is 0. The minimum Gasteiger partial charge on any atom is -0.355 e. The fourth-order valence-electron chi connectivity index (χ4n) is 3.29. The van der Waals surface area contributed by atoms with Crippen molar-refractivity contribution >= 4 is 11.8 Å². The van der Waals surface area contributed by atoms with Crippen molar-refractivity contribution in [3.63, 3.8) is 0 Å². The molecule has 1 aromatic heterocycles. The number of carbonyl (C=O) groups excluding carboxylic acids is 2. The van der Waals surface area contributed by atoms with Gasteiger partial charge in [0, 0.05) is 43.4 Å². The van der Waals surface area contributed by atoms with Gasteiger partial charge in [-0.3, -0.25) is 24.6 Å². The van der Waals surface area contributed by atoms with Gasteiger partial charge in [0.2, 0.25) is 11.8 Å². The monoisotopic (exact) mass is 348 g/mol. The first kappa shape index (κ1) is 19.5. The van der Waals surface area contributed by atoms with Crippen LogP contribution in [0.4, 0.5) is 0 Å². The van der Waals surface area contributed by atoms with Gasteiger partial charge in [0.05, 0.1) is 0 Å². The van der Waals surface area contributed by atoms with Crippen molar-refractivity contribution < 1.29 is 9.59 Å². The van der Waals surface area contributed by atoms with Crippen LogP contribution in [0.1, 0.15) is 51.1 Å². The molecule has 1 aliphatic heterocycles. The molecule has 1 aromatic rings. The van der Waals surface area contributed by atoms with E-state index in [4.69, 9.17) is 0 Å². The molecule has 2 heterocycles. The van der Waals surface area contributed by atoms with Crippen LogP contribution in [-0.4, -0.2) is 41.0 Å². The summed E-state index contributed by atoms with van der Waals surface area (Å²) in [6, 6.07) is 2.14. The Morgan fingerprint density at radius 1 is 1.28 bits per heavy atom. The van der Waals surface area contributed by atoms with E-state index < -0.39 is 0 Å². The number of hydrogen-bond donors (Lipinski definition) is 2. The number of amides is 2. The maximum Gasteiger partial charge on any atom is 0.235 e. The van der Waals surface area contributed by atoms with Crippen LogP contribution in [0.5, 0.6) is 0 Å². The summed E-state index contributed by atoms with van der Waals surface area (Å²) in [5, 5.41) is 3.08. The first-order valence-corrected chi connectivity index (χ1v) is 9.04. The number of nitrogens with zero attached hydrogens (tertiary/aromatic N) is 2. The highest BCUT2D eigenvalue weighted by atomic mass is 16.2. The van der Waals surface area contributed by atoms with Crippen molar-refractivity contribution in [1.82, 2.24) is 14.9 Å². The number of nitrogens with one attached hydrogen (secondary N) is 2. The highest BCUT2D eigenvalue weighted by Crippen LogP contribution is 2.22. The predicted molar refractivity (Wildman–Crippen MR) is 99.8 cm³/mol. The van der Waals surface area contributed by atoms with Crippen LogP contribution >= 0.6 is 0 Å². The number of likely N-dealkylation sites (tertiary alicyclic amines) is 1. The van der Waals surface area contributed by atoms with E-state index in [1.54, 1.807) is 0 Å². The van der Waals surface area contributed by atoms with Crippen molar-refractivity contribution in [1.29, 1.82) is 0 Å². The van der Waals surface area contributed by atoms with Crippen LogP contribution in [0.25, 0.3) is 0 Å². The second-order valence-corrected chi connectivity index (χ2v) is 8.25. The number of carbonyl (C=O) groups is 2. The Bertz CT molecular complexity index is 643. The topological polar surface area (TPSA) is 66.4 Å². The van der Waals surface area contributed by atoms with Gasteiger partial charge in [-0.15, -0.1) is 0 Å². The number of hydrogen-bond acceptors (Lipinski definition) is 3. The molecule has 0 bridgehead atoms. The van der Waals surface area contributed by atoms with E-state index in [2.05, 4.69) is 21.7 Å². The Labute approximate surface area is 150 Å². The molecule has 1 atom stereocenters. The van der Waals surface area contributed by atoms with E-state index in [9.17, 15) is 9.59 Å². The molecule has 0 aliphatic carbocycles. The molecular formula is C19H32N4O2. The van der Waals surface area contributed by atoms with Crippen molar-refractivity contribution in [2.45, 2.75) is 54.5 Å². The molecule has 2 amide bonds. The highest BCUT2D eigenvalue weighted by molar-refractivity contribution is 5.81. The lowest BCUT2D eigenvalue weighted by atomic mass is 9.95. The molecule has 25 heavy (non-hydrogen) atoms. The third-order valence-corrected chi connectivity index (χ3v) is 4.80. The molecular weight excluding hydrogens is 316 g/mol. The standard InChI is InChI=1S/C19H32N4O2/c1-13-9-17(14(2)23(13)21-15(3)24)12-22-8-7-16(11-22)10-20-18(25)19(4,5)6/h9,16H,7-8,10-12H2,1-6H3,(H,20,25)(H,21,24)/t16-/m1/s1. The first-order valence-electron chi connectivity index (χ1n) is 9.04. The fourth-order valence-corrected chi connectivity index (χ4v) is 3.29. The van der Waals surface area contributed by atoms with Crippen molar-refractivity contribution in [3.8, 4) is 0 Å². The molecule has 0 spiro atoms. The molecule has 0 saturated carbocycles. The first-order chi connectivity index (χ1) is 11.6. The molecule has 0 unspecified atom stereocenters. The third kappa shape index (κ3) is 5.08. The van der Waals surface area contributed by atoms with E-state index in [1.807, 2.05) is 39.3 Å². The van der Waals surface area contributed by atoms with Gasteiger partial charge < -0.3 is 5.32 Å². The van der Waals surface area contributed by atoms with Gasteiger partial charge >= 0.3 is 0 Å². The zero-order chi connectivity index (χ0) is 18.8. The number of aryl methyl sites for hydroxylation is 1. The maximum absolute atomic E-state index is 12.0. The molecule has 2 rings (SSSR count). The summed E-state index contributed by atoms with van der Waals surface area (Å²) in [5.41, 5.74) is 5.88. The second-order valence-electron chi connectivity index (χ2n) is 8.25. The average Bonchev–Trinajstić information content (AvgIpc) is 3.04. The quantitative estimate of drug-likeness (QED) is 0.857. The largest absolute Gasteiger partial charge is 0.355 e. The van der Waals surface area contributed by atoms with Crippen LogP contribution in [0.3, 0.4) is 0 Å². The Hall–Kier alpha value is -1.82. The summed E-state index contributed by atoms with van der Waals surface area (Å²) >= 11 is 0. The molecule has 1 fully saturated rings. The van der Waals surface area contributed by atoms with E-state index in [1.165, 1.54) is 12.5 Å². The Morgan fingerprint density at radius 2 is 1.96 bits per heavy atom. The minimum absolute atomic E-state index is 0.0656. The summed E-state index contributed by atoms with van der Waals surface area (Å²) in [6.45, 7) is 15.0. The Balaban J connectivity index is 1.89. The van der Waals surface area contributed by atoms with Crippen LogP contribution in [0.15, 0.2) is 6.07 Å². The molecule has 1 aliphatic rings. The molecule has 2 N–H and O–H groups in total. The molecule has 140 valence electrons. The van der Waals surface area contributed by atoms with E-state index >= 15 is 0 Å². The van der Waals surface area contributed by atoms with Gasteiger partial charge in [-0.25, -0.2) is 0 Å². The highest BCUT2D eigenvalue weighted by Gasteiger charge is 2.26. The summed E-state index contributed by atoms with van der Waals surface area (Å²) in [4.78, 5) is 25.8. The summed E-state index contributed by atoms with van der Waals surface area (Å²) < 4.78 is 1.86. The zero-order valence-electron chi connectivity index (χ0n) is 16.4. The van der Waals surface area contributed by atoms with Crippen molar-refractivity contribution in [2.75, 3.05) is 25.1 Å². The summed E-state index contributed by atoms with van der Waals surface area (Å²) in [5.74, 6) is 0.555. The molecule has 6 heteroatoms. The molecule has 0 aromatic carbocycles. The lowest BCUT2D eigenvalue weighted by Crippen LogP contribution is -2.38. The Morgan fingerprint density at radius 3 is 2.56 bits per heavy atom. The number of aromatic nitrogens is 1. The van der Waals surface area contributed by atoms with Crippen LogP contribution in [0.2, 0.25) is 0 Å². The van der Waals surface area contributed by atoms with Gasteiger partial charge in [0.1, 0.15) is 0 Å². The molecule has 0 radical (unpaired) electrons. The fraction of sp³-hybridized carbons (Fsp3) is 0.684. The van der Waals surface area contributed by atoms with Crippen molar-refractivity contribution in [2.24, 2.45) is 11.3 Å². The second kappa shape index (κ2) is 7.60.